The summed E-state index contributed by atoms with van der Waals surface area (Å²) in [6.07, 6.45) is 0.439. The molecule has 0 spiro atoms. The first-order valence-corrected chi connectivity index (χ1v) is 7.13. The molecule has 19 heavy (non-hydrogen) atoms. The van der Waals surface area contributed by atoms with E-state index in [1.807, 2.05) is 6.92 Å². The number of benzene rings is 1. The number of nitrogens with two attached hydrogens (primary N) is 1. The Labute approximate surface area is 110 Å². The van der Waals surface area contributed by atoms with Crippen LogP contribution in [0.1, 0.15) is 13.3 Å². The molecule has 0 bridgehead atoms. The first kappa shape index (κ1) is 15.8. The summed E-state index contributed by atoms with van der Waals surface area (Å²) in [7, 11) is -4.26. The Kier molecular flexibility index (Phi) is 5.64. The Balaban J connectivity index is 2.87. The molecule has 1 aromatic carbocycles. The lowest BCUT2D eigenvalue weighted by Crippen LogP contribution is -2.16. The molecule has 0 saturated carbocycles. The molecule has 0 radical (unpaired) electrons. The summed E-state index contributed by atoms with van der Waals surface area (Å²) in [6.45, 7) is 2.78. The number of rotatable bonds is 7. The Hall–Kier alpha value is -1.25. The van der Waals surface area contributed by atoms with Gasteiger partial charge in [-0.05, 0) is 13.0 Å². The molecule has 5 nitrogen and oxygen atoms in total. The fourth-order valence-corrected chi connectivity index (χ4v) is 2.06. The van der Waals surface area contributed by atoms with Gasteiger partial charge in [-0.3, -0.25) is 0 Å². The Morgan fingerprint density at radius 1 is 1.26 bits per heavy atom. The summed E-state index contributed by atoms with van der Waals surface area (Å²) < 4.78 is 59.0. The Morgan fingerprint density at radius 2 is 1.95 bits per heavy atom. The van der Waals surface area contributed by atoms with Crippen molar-refractivity contribution in [3.05, 3.63) is 23.8 Å². The van der Waals surface area contributed by atoms with Gasteiger partial charge in [0.15, 0.2) is 11.6 Å². The lowest BCUT2D eigenvalue weighted by atomic mass is 10.3. The molecule has 0 amide bonds. The molecule has 0 heterocycles. The minimum Gasteiger partial charge on any atom is -0.489 e. The van der Waals surface area contributed by atoms with Gasteiger partial charge in [-0.1, -0.05) is 0 Å². The number of primary sulfonamides is 1. The maximum absolute atomic E-state index is 13.5. The van der Waals surface area contributed by atoms with Crippen molar-refractivity contribution in [2.75, 3.05) is 19.8 Å². The average molecular weight is 295 g/mol. The summed E-state index contributed by atoms with van der Waals surface area (Å²) in [5, 5.41) is 4.88. The van der Waals surface area contributed by atoms with Crippen molar-refractivity contribution in [2.45, 2.75) is 18.2 Å². The third kappa shape index (κ3) is 4.73. The van der Waals surface area contributed by atoms with Crippen LogP contribution >= 0.6 is 0 Å². The van der Waals surface area contributed by atoms with Gasteiger partial charge in [0.2, 0.25) is 10.0 Å². The average Bonchev–Trinajstić information content (AvgIpc) is 2.29. The number of hydrogen-bond acceptors (Lipinski definition) is 4. The molecule has 0 unspecified atom stereocenters. The van der Waals surface area contributed by atoms with Crippen molar-refractivity contribution in [3.8, 4) is 5.75 Å². The van der Waals surface area contributed by atoms with Gasteiger partial charge >= 0.3 is 0 Å². The van der Waals surface area contributed by atoms with Gasteiger partial charge < -0.3 is 9.47 Å². The Bertz CT molecular complexity index is 534. The van der Waals surface area contributed by atoms with Crippen LogP contribution in [0.4, 0.5) is 8.78 Å². The van der Waals surface area contributed by atoms with Crippen molar-refractivity contribution in [1.82, 2.24) is 0 Å². The van der Waals surface area contributed by atoms with E-state index in [0.29, 0.717) is 31.8 Å². The molecular formula is C11H15F2NO4S. The molecule has 2 N–H and O–H groups in total. The van der Waals surface area contributed by atoms with E-state index in [-0.39, 0.29) is 6.61 Å². The van der Waals surface area contributed by atoms with Crippen molar-refractivity contribution in [2.24, 2.45) is 5.14 Å². The van der Waals surface area contributed by atoms with E-state index < -0.39 is 32.3 Å². The molecule has 1 rings (SSSR count). The van der Waals surface area contributed by atoms with Crippen LogP contribution in [0, 0.1) is 11.6 Å². The summed E-state index contributed by atoms with van der Waals surface area (Å²) in [6, 6.07) is 1.16. The van der Waals surface area contributed by atoms with Gasteiger partial charge in [-0.25, -0.2) is 22.3 Å². The second kappa shape index (κ2) is 6.78. The van der Waals surface area contributed by atoms with E-state index in [4.69, 9.17) is 14.6 Å². The third-order valence-corrected chi connectivity index (χ3v) is 3.08. The lowest BCUT2D eigenvalue weighted by molar-refractivity contribution is 0.129. The van der Waals surface area contributed by atoms with E-state index >= 15 is 0 Å². The highest BCUT2D eigenvalue weighted by Gasteiger charge is 2.21. The first-order chi connectivity index (χ1) is 8.86. The molecular weight excluding hydrogens is 280 g/mol. The SMILES string of the molecule is CCOCCCOc1c(F)cc(F)cc1S(N)(=O)=O. The van der Waals surface area contributed by atoms with E-state index in [2.05, 4.69) is 0 Å². The largest absolute Gasteiger partial charge is 0.489 e. The standard InChI is InChI=1S/C11H15F2NO4S/c1-2-17-4-3-5-18-11-9(13)6-8(12)7-10(11)19(14,15)16/h6-7H,2-5H2,1H3,(H2,14,15,16). The number of sulfonamides is 1. The van der Waals surface area contributed by atoms with Gasteiger partial charge in [-0.2, -0.15) is 0 Å². The normalized spacial score (nSPS) is 11.6. The molecule has 0 aromatic heterocycles. The van der Waals surface area contributed by atoms with Gasteiger partial charge in [-0.15, -0.1) is 0 Å². The Morgan fingerprint density at radius 3 is 2.53 bits per heavy atom. The lowest BCUT2D eigenvalue weighted by Gasteiger charge is -2.11. The van der Waals surface area contributed by atoms with E-state index in [9.17, 15) is 17.2 Å². The molecule has 0 fully saturated rings. The van der Waals surface area contributed by atoms with Gasteiger partial charge in [0.25, 0.3) is 0 Å². The topological polar surface area (TPSA) is 78.6 Å². The van der Waals surface area contributed by atoms with Crippen molar-refractivity contribution < 1.29 is 26.7 Å². The molecule has 1 aromatic rings. The van der Waals surface area contributed by atoms with Crippen LogP contribution in [0.15, 0.2) is 17.0 Å². The summed E-state index contributed by atoms with van der Waals surface area (Å²) >= 11 is 0. The molecule has 108 valence electrons. The van der Waals surface area contributed by atoms with E-state index in [1.165, 1.54) is 0 Å². The second-order valence-electron chi connectivity index (χ2n) is 3.66. The highest BCUT2D eigenvalue weighted by atomic mass is 32.2. The van der Waals surface area contributed by atoms with Crippen molar-refractivity contribution >= 4 is 10.0 Å². The molecule has 0 atom stereocenters. The highest BCUT2D eigenvalue weighted by molar-refractivity contribution is 7.89. The zero-order valence-electron chi connectivity index (χ0n) is 10.4. The van der Waals surface area contributed by atoms with Gasteiger partial charge in [0.1, 0.15) is 10.7 Å². The molecule has 0 aliphatic rings. The summed E-state index contributed by atoms with van der Waals surface area (Å²) in [4.78, 5) is -0.707. The smallest absolute Gasteiger partial charge is 0.241 e. The van der Waals surface area contributed by atoms with Crippen LogP contribution in [0.5, 0.6) is 5.75 Å². The van der Waals surface area contributed by atoms with E-state index in [0.717, 1.165) is 0 Å². The third-order valence-electron chi connectivity index (χ3n) is 2.16. The van der Waals surface area contributed by atoms with Gasteiger partial charge in [0.05, 0.1) is 6.61 Å². The van der Waals surface area contributed by atoms with Crippen LogP contribution in [-0.4, -0.2) is 28.2 Å². The number of ether oxygens (including phenoxy) is 2. The summed E-state index contributed by atoms with van der Waals surface area (Å²) in [5.74, 6) is -2.72. The van der Waals surface area contributed by atoms with E-state index in [1.54, 1.807) is 0 Å². The monoisotopic (exact) mass is 295 g/mol. The van der Waals surface area contributed by atoms with Crippen molar-refractivity contribution in [1.29, 1.82) is 0 Å². The zero-order chi connectivity index (χ0) is 14.5. The number of halogens is 2. The fraction of sp³-hybridized carbons (Fsp3) is 0.455. The predicted octanol–water partition coefficient (Wildman–Crippen LogP) is 1.42. The van der Waals surface area contributed by atoms with Gasteiger partial charge in [0, 0.05) is 25.7 Å². The summed E-state index contributed by atoms with van der Waals surface area (Å²) in [5.41, 5.74) is 0. The van der Waals surface area contributed by atoms with Crippen LogP contribution < -0.4 is 9.88 Å². The zero-order valence-corrected chi connectivity index (χ0v) is 11.2. The predicted molar refractivity (Wildman–Crippen MR) is 64.3 cm³/mol. The maximum Gasteiger partial charge on any atom is 0.241 e. The fourth-order valence-electron chi connectivity index (χ4n) is 1.37. The van der Waals surface area contributed by atoms with Crippen LogP contribution in [-0.2, 0) is 14.8 Å². The second-order valence-corrected chi connectivity index (χ2v) is 5.19. The number of hydrogen-bond donors (Lipinski definition) is 1. The maximum atomic E-state index is 13.5. The van der Waals surface area contributed by atoms with Crippen molar-refractivity contribution in [3.63, 3.8) is 0 Å². The molecule has 0 aliphatic carbocycles. The van der Waals surface area contributed by atoms with Crippen LogP contribution in [0.25, 0.3) is 0 Å². The van der Waals surface area contributed by atoms with Crippen LogP contribution in [0.3, 0.4) is 0 Å². The van der Waals surface area contributed by atoms with Crippen LogP contribution in [0.2, 0.25) is 0 Å². The molecule has 0 aliphatic heterocycles. The minimum absolute atomic E-state index is 0.0328. The molecule has 0 saturated heterocycles. The minimum atomic E-state index is -4.26. The first-order valence-electron chi connectivity index (χ1n) is 5.58. The highest BCUT2D eigenvalue weighted by Crippen LogP contribution is 2.27. The molecule has 8 heteroatoms. The quantitative estimate of drug-likeness (QED) is 0.772.